The first-order chi connectivity index (χ1) is 24.0. The number of fused-ring (bicyclic) bond motifs is 8. The number of para-hydroxylation sites is 1. The Morgan fingerprint density at radius 2 is 0.918 bits per heavy atom. The lowest BCUT2D eigenvalue weighted by molar-refractivity contribution is 0.661. The predicted octanol–water partition coefficient (Wildman–Crippen LogP) is 13.0. The van der Waals surface area contributed by atoms with Crippen LogP contribution in [-0.4, -0.2) is 4.98 Å². The Balaban J connectivity index is 1.04. The lowest BCUT2D eigenvalue weighted by Gasteiger charge is -2.22. The molecule has 0 atom stereocenters. The van der Waals surface area contributed by atoms with Gasteiger partial charge in [0.25, 0.3) is 0 Å². The van der Waals surface area contributed by atoms with E-state index >= 15 is 0 Å². The van der Waals surface area contributed by atoms with Gasteiger partial charge in [0.15, 0.2) is 0 Å². The van der Waals surface area contributed by atoms with Crippen molar-refractivity contribution in [2.45, 2.75) is 19.3 Å². The summed E-state index contributed by atoms with van der Waals surface area (Å²) in [5, 5.41) is 8.69. The average Bonchev–Trinajstić information content (AvgIpc) is 3.38. The zero-order chi connectivity index (χ0) is 32.7. The SMILES string of the molecule is CC1(C)c2ccccc2-c2cc3c(cc21)c(-c1ccc(-c2ccc4cc(-c5ccc6ccccc6c5)ccc4c2)cc1)nc1ccccc13. The third kappa shape index (κ3) is 4.36. The van der Waals surface area contributed by atoms with E-state index in [-0.39, 0.29) is 5.41 Å². The smallest absolute Gasteiger partial charge is 0.0788 e. The van der Waals surface area contributed by atoms with Gasteiger partial charge in [-0.25, -0.2) is 4.98 Å². The van der Waals surface area contributed by atoms with Crippen LogP contribution in [-0.2, 0) is 5.41 Å². The summed E-state index contributed by atoms with van der Waals surface area (Å²) in [5.41, 5.74) is 13.5. The van der Waals surface area contributed by atoms with Crippen LogP contribution in [0.4, 0.5) is 0 Å². The molecule has 1 aliphatic carbocycles. The normalized spacial score (nSPS) is 13.3. The number of benzene rings is 8. The van der Waals surface area contributed by atoms with E-state index in [4.69, 9.17) is 4.98 Å². The van der Waals surface area contributed by atoms with Crippen LogP contribution in [0, 0.1) is 0 Å². The van der Waals surface area contributed by atoms with E-state index in [1.165, 1.54) is 82.2 Å². The number of hydrogen-bond acceptors (Lipinski definition) is 1. The molecule has 0 bridgehead atoms. The fourth-order valence-electron chi connectivity index (χ4n) is 8.16. The van der Waals surface area contributed by atoms with Crippen LogP contribution in [0.3, 0.4) is 0 Å². The van der Waals surface area contributed by atoms with Crippen molar-refractivity contribution >= 4 is 43.2 Å². The van der Waals surface area contributed by atoms with Gasteiger partial charge in [-0.2, -0.15) is 0 Å². The first-order valence-corrected chi connectivity index (χ1v) is 17.1. The molecule has 1 heteroatoms. The number of pyridine rings is 1. The fraction of sp³-hybridized carbons (Fsp3) is 0.0625. The second-order valence-corrected chi connectivity index (χ2v) is 14.0. The molecule has 1 nitrogen and oxygen atoms in total. The summed E-state index contributed by atoms with van der Waals surface area (Å²) in [6.07, 6.45) is 0. The minimum absolute atomic E-state index is 0.0702. The van der Waals surface area contributed by atoms with Gasteiger partial charge in [-0.3, -0.25) is 0 Å². The monoisotopic (exact) mass is 623 g/mol. The molecule has 230 valence electrons. The Hall–Kier alpha value is -6.05. The van der Waals surface area contributed by atoms with Crippen LogP contribution in [0.25, 0.3) is 87.9 Å². The fourth-order valence-corrected chi connectivity index (χ4v) is 8.16. The van der Waals surface area contributed by atoms with Gasteiger partial charge in [0.2, 0.25) is 0 Å². The molecule has 0 spiro atoms. The summed E-state index contributed by atoms with van der Waals surface area (Å²) < 4.78 is 0. The molecule has 0 fully saturated rings. The molecule has 0 saturated carbocycles. The Labute approximate surface area is 286 Å². The molecule has 1 aliphatic rings. The number of rotatable bonds is 3. The van der Waals surface area contributed by atoms with Crippen molar-refractivity contribution in [2.24, 2.45) is 0 Å². The Morgan fingerprint density at radius 1 is 0.367 bits per heavy atom. The van der Waals surface area contributed by atoms with E-state index in [0.717, 1.165) is 16.8 Å². The third-order valence-corrected chi connectivity index (χ3v) is 10.8. The first-order valence-electron chi connectivity index (χ1n) is 17.1. The van der Waals surface area contributed by atoms with Crippen LogP contribution in [0.2, 0.25) is 0 Å². The van der Waals surface area contributed by atoms with Gasteiger partial charge in [0, 0.05) is 21.8 Å². The molecule has 0 N–H and O–H groups in total. The number of hydrogen-bond donors (Lipinski definition) is 0. The van der Waals surface area contributed by atoms with Crippen molar-refractivity contribution in [3.63, 3.8) is 0 Å². The highest BCUT2D eigenvalue weighted by atomic mass is 14.7. The summed E-state index contributed by atoms with van der Waals surface area (Å²) in [6.45, 7) is 4.69. The first kappa shape index (κ1) is 28.0. The second-order valence-electron chi connectivity index (χ2n) is 14.0. The van der Waals surface area contributed by atoms with Gasteiger partial charge in [-0.1, -0.05) is 141 Å². The van der Waals surface area contributed by atoms with Gasteiger partial charge in [-0.05, 0) is 108 Å². The van der Waals surface area contributed by atoms with E-state index in [1.54, 1.807) is 0 Å². The van der Waals surface area contributed by atoms with Gasteiger partial charge in [0.1, 0.15) is 0 Å². The molecule has 1 heterocycles. The van der Waals surface area contributed by atoms with Crippen LogP contribution in [0.1, 0.15) is 25.0 Å². The molecule has 0 saturated heterocycles. The van der Waals surface area contributed by atoms with Crippen molar-refractivity contribution in [3.05, 3.63) is 175 Å². The third-order valence-electron chi connectivity index (χ3n) is 10.8. The number of nitrogens with zero attached hydrogens (tertiary/aromatic N) is 1. The van der Waals surface area contributed by atoms with Crippen LogP contribution in [0.5, 0.6) is 0 Å². The molecule has 49 heavy (non-hydrogen) atoms. The molecule has 0 amide bonds. The van der Waals surface area contributed by atoms with Crippen molar-refractivity contribution in [1.29, 1.82) is 0 Å². The van der Waals surface area contributed by atoms with E-state index < -0.39 is 0 Å². The summed E-state index contributed by atoms with van der Waals surface area (Å²) in [4.78, 5) is 5.29. The largest absolute Gasteiger partial charge is 0.247 e. The highest BCUT2D eigenvalue weighted by molar-refractivity contribution is 6.13. The molecule has 0 radical (unpaired) electrons. The maximum Gasteiger partial charge on any atom is 0.0788 e. The molecule has 0 aliphatic heterocycles. The Bertz CT molecular complexity index is 2780. The van der Waals surface area contributed by atoms with Crippen LogP contribution < -0.4 is 0 Å². The van der Waals surface area contributed by atoms with Gasteiger partial charge >= 0.3 is 0 Å². The molecule has 1 aromatic heterocycles. The lowest BCUT2D eigenvalue weighted by Crippen LogP contribution is -2.14. The maximum atomic E-state index is 5.29. The van der Waals surface area contributed by atoms with E-state index in [2.05, 4.69) is 178 Å². The van der Waals surface area contributed by atoms with E-state index in [0.29, 0.717) is 0 Å². The van der Waals surface area contributed by atoms with Gasteiger partial charge in [-0.15, -0.1) is 0 Å². The molecular formula is C48H33N. The zero-order valence-electron chi connectivity index (χ0n) is 27.5. The lowest BCUT2D eigenvalue weighted by atomic mass is 9.81. The van der Waals surface area contributed by atoms with Crippen molar-refractivity contribution in [1.82, 2.24) is 4.98 Å². The highest BCUT2D eigenvalue weighted by Crippen LogP contribution is 2.51. The van der Waals surface area contributed by atoms with Gasteiger partial charge in [0.05, 0.1) is 11.2 Å². The average molecular weight is 624 g/mol. The molecule has 0 unspecified atom stereocenters. The minimum Gasteiger partial charge on any atom is -0.247 e. The second kappa shape index (κ2) is 10.5. The Kier molecular flexibility index (Phi) is 5.99. The minimum atomic E-state index is -0.0702. The quantitative estimate of drug-likeness (QED) is 0.178. The molecule has 8 aromatic carbocycles. The topological polar surface area (TPSA) is 12.9 Å². The summed E-state index contributed by atoms with van der Waals surface area (Å²) >= 11 is 0. The zero-order valence-corrected chi connectivity index (χ0v) is 27.5. The van der Waals surface area contributed by atoms with Crippen LogP contribution in [0.15, 0.2) is 164 Å². The van der Waals surface area contributed by atoms with Crippen LogP contribution >= 0.6 is 0 Å². The molecule has 9 aromatic rings. The van der Waals surface area contributed by atoms with Crippen molar-refractivity contribution in [2.75, 3.05) is 0 Å². The molecule has 10 rings (SSSR count). The molecular weight excluding hydrogens is 591 g/mol. The van der Waals surface area contributed by atoms with Gasteiger partial charge < -0.3 is 0 Å². The summed E-state index contributed by atoms with van der Waals surface area (Å²) in [5.74, 6) is 0. The predicted molar refractivity (Wildman–Crippen MR) is 208 cm³/mol. The van der Waals surface area contributed by atoms with E-state index in [9.17, 15) is 0 Å². The number of aromatic nitrogens is 1. The summed E-state index contributed by atoms with van der Waals surface area (Å²) in [6, 6.07) is 60.1. The standard InChI is InChI=1S/C48H33N/c1-48(2)44-13-7-5-11-39(44)42-28-41-40-12-6-8-14-46(40)49-47(43(41)29-45(42)48)32-18-15-31(16-19-32)34-21-22-37-27-38(24-23-36(37)26-34)35-20-17-30-9-3-4-10-33(30)25-35/h3-29H,1-2H3. The highest BCUT2D eigenvalue weighted by Gasteiger charge is 2.35. The van der Waals surface area contributed by atoms with Crippen molar-refractivity contribution in [3.8, 4) is 44.6 Å². The maximum absolute atomic E-state index is 5.29. The Morgan fingerprint density at radius 3 is 1.67 bits per heavy atom. The van der Waals surface area contributed by atoms with Crippen molar-refractivity contribution < 1.29 is 0 Å². The van der Waals surface area contributed by atoms with E-state index in [1.807, 2.05) is 0 Å². The summed E-state index contributed by atoms with van der Waals surface area (Å²) in [7, 11) is 0.